The van der Waals surface area contributed by atoms with Gasteiger partial charge in [-0.05, 0) is 32.1 Å². The van der Waals surface area contributed by atoms with Crippen LogP contribution in [-0.4, -0.2) is 30.1 Å². The molecule has 0 saturated carbocycles. The summed E-state index contributed by atoms with van der Waals surface area (Å²) in [7, 11) is 0. The lowest BCUT2D eigenvalue weighted by Crippen LogP contribution is -2.01. The van der Waals surface area contributed by atoms with E-state index in [9.17, 15) is 9.59 Å². The third-order valence-corrected chi connectivity index (χ3v) is 6.48. The zero-order valence-electron chi connectivity index (χ0n) is 22.1. The summed E-state index contributed by atoms with van der Waals surface area (Å²) in [5.41, 5.74) is 0. The predicted octanol–water partition coefficient (Wildman–Crippen LogP) is 9.04. The maximum Gasteiger partial charge on any atom is 0.303 e. The molecule has 196 valence electrons. The first kappa shape index (κ1) is 32.1. The van der Waals surface area contributed by atoms with Crippen LogP contribution in [0.2, 0.25) is 0 Å². The second-order valence-corrected chi connectivity index (χ2v) is 9.87. The molecule has 0 aliphatic heterocycles. The van der Waals surface area contributed by atoms with Crippen LogP contribution in [0.5, 0.6) is 0 Å². The van der Waals surface area contributed by atoms with Gasteiger partial charge in [0.2, 0.25) is 0 Å². The van der Waals surface area contributed by atoms with E-state index >= 15 is 0 Å². The Bertz CT molecular complexity index is 422. The maximum absolute atomic E-state index is 11.9. The molecule has 1 N–H and O–H groups in total. The Morgan fingerprint density at radius 1 is 0.485 bits per heavy atom. The van der Waals surface area contributed by atoms with Gasteiger partial charge >= 0.3 is 5.97 Å². The van der Waals surface area contributed by atoms with Crippen molar-refractivity contribution < 1.29 is 19.4 Å². The number of carboxylic acids is 1. The Morgan fingerprint density at radius 2 is 0.818 bits per heavy atom. The molecule has 0 bridgehead atoms. The molecule has 0 radical (unpaired) electrons. The van der Waals surface area contributed by atoms with Gasteiger partial charge in [-0.1, -0.05) is 110 Å². The lowest BCUT2D eigenvalue weighted by Gasteiger charge is -2.05. The minimum atomic E-state index is -0.664. The topological polar surface area (TPSA) is 63.6 Å². The van der Waals surface area contributed by atoms with Gasteiger partial charge in [-0.25, -0.2) is 0 Å². The Kier molecular flexibility index (Phi) is 26.6. The van der Waals surface area contributed by atoms with Crippen LogP contribution >= 0.6 is 0 Å². The molecule has 0 fully saturated rings. The Morgan fingerprint density at radius 3 is 1.21 bits per heavy atom. The van der Waals surface area contributed by atoms with Gasteiger partial charge < -0.3 is 9.84 Å². The van der Waals surface area contributed by atoms with Crippen LogP contribution in [-0.2, 0) is 14.3 Å². The normalized spacial score (nSPS) is 11.2. The van der Waals surface area contributed by atoms with Crippen LogP contribution in [0.4, 0.5) is 0 Å². The zero-order valence-corrected chi connectivity index (χ0v) is 22.1. The number of ketones is 1. The van der Waals surface area contributed by atoms with Gasteiger partial charge in [0.15, 0.2) is 0 Å². The van der Waals surface area contributed by atoms with Crippen molar-refractivity contribution in [2.75, 3.05) is 13.2 Å². The molecule has 0 aromatic carbocycles. The van der Waals surface area contributed by atoms with Crippen LogP contribution in [0.1, 0.15) is 161 Å². The molecule has 0 unspecified atom stereocenters. The number of hydrogen-bond acceptors (Lipinski definition) is 3. The highest BCUT2D eigenvalue weighted by Gasteiger charge is 2.02. The monoisotopic (exact) mass is 468 g/mol. The molecule has 0 aliphatic rings. The van der Waals surface area contributed by atoms with E-state index in [-0.39, 0.29) is 0 Å². The molecule has 4 heteroatoms. The first-order valence-corrected chi connectivity index (χ1v) is 14.5. The minimum Gasteiger partial charge on any atom is -0.481 e. The summed E-state index contributed by atoms with van der Waals surface area (Å²) in [5.74, 6) is -0.221. The van der Waals surface area contributed by atoms with Crippen LogP contribution in [0, 0.1) is 0 Å². The van der Waals surface area contributed by atoms with E-state index in [0.29, 0.717) is 12.2 Å². The molecular weight excluding hydrogens is 412 g/mol. The fourth-order valence-corrected chi connectivity index (χ4v) is 4.28. The summed E-state index contributed by atoms with van der Waals surface area (Å²) in [5, 5.41) is 8.60. The summed E-state index contributed by atoms with van der Waals surface area (Å²) in [6.45, 7) is 3.90. The summed E-state index contributed by atoms with van der Waals surface area (Å²) in [6.07, 6.45) is 27.6. The van der Waals surface area contributed by atoms with E-state index < -0.39 is 5.97 Å². The lowest BCUT2D eigenvalue weighted by atomic mass is 10.0. The van der Waals surface area contributed by atoms with E-state index in [2.05, 4.69) is 6.92 Å². The molecule has 33 heavy (non-hydrogen) atoms. The average Bonchev–Trinajstić information content (AvgIpc) is 2.79. The van der Waals surface area contributed by atoms with E-state index in [1.165, 1.54) is 96.3 Å². The highest BCUT2D eigenvalue weighted by molar-refractivity contribution is 5.78. The molecule has 4 nitrogen and oxygen atoms in total. The number of hydrogen-bond donors (Lipinski definition) is 1. The third-order valence-electron chi connectivity index (χ3n) is 6.48. The first-order chi connectivity index (χ1) is 16.2. The summed E-state index contributed by atoms with van der Waals surface area (Å²) in [4.78, 5) is 22.4. The number of carbonyl (C=O) groups is 2. The molecule has 0 aliphatic carbocycles. The Balaban J connectivity index is 3.13. The quantitative estimate of drug-likeness (QED) is 0.116. The molecule has 0 atom stereocenters. The highest BCUT2D eigenvalue weighted by Crippen LogP contribution is 2.14. The van der Waals surface area contributed by atoms with Gasteiger partial charge in [-0.3, -0.25) is 9.59 Å². The van der Waals surface area contributed by atoms with E-state index in [4.69, 9.17) is 9.84 Å². The van der Waals surface area contributed by atoms with Gasteiger partial charge in [0.1, 0.15) is 5.78 Å². The Hall–Kier alpha value is -0.900. The smallest absolute Gasteiger partial charge is 0.303 e. The van der Waals surface area contributed by atoms with Gasteiger partial charge in [0.25, 0.3) is 0 Å². The van der Waals surface area contributed by atoms with Crippen LogP contribution in [0.3, 0.4) is 0 Å². The zero-order chi connectivity index (χ0) is 24.2. The van der Waals surface area contributed by atoms with Crippen LogP contribution in [0.15, 0.2) is 0 Å². The second-order valence-electron chi connectivity index (χ2n) is 9.87. The van der Waals surface area contributed by atoms with Crippen molar-refractivity contribution in [2.24, 2.45) is 0 Å². The van der Waals surface area contributed by atoms with Crippen LogP contribution in [0.25, 0.3) is 0 Å². The van der Waals surface area contributed by atoms with E-state index in [1.54, 1.807) is 0 Å². The largest absolute Gasteiger partial charge is 0.481 e. The fraction of sp³-hybridized carbons (Fsp3) is 0.931. The van der Waals surface area contributed by atoms with E-state index in [1.807, 2.05) is 0 Å². The number of unbranched alkanes of at least 4 members (excludes halogenated alkanes) is 18. The molecule has 0 heterocycles. The number of rotatable bonds is 28. The molecule has 0 amide bonds. The van der Waals surface area contributed by atoms with Crippen molar-refractivity contribution in [3.8, 4) is 0 Å². The second kappa shape index (κ2) is 27.3. The van der Waals surface area contributed by atoms with E-state index in [0.717, 1.165) is 64.6 Å². The molecule has 0 aromatic heterocycles. The van der Waals surface area contributed by atoms with Gasteiger partial charge in [-0.2, -0.15) is 0 Å². The van der Waals surface area contributed by atoms with Gasteiger partial charge in [0.05, 0.1) is 0 Å². The standard InChI is InChI=1S/C29H56O4/c1-2-3-21-26-33-27-22-20-24-28(30)23-18-16-14-12-10-8-6-4-5-7-9-11-13-15-17-19-25-29(31)32/h2-27H2,1H3,(H,31,32). The molecule has 0 saturated heterocycles. The molecule has 0 rings (SSSR count). The number of carboxylic acid groups (broad SMARTS) is 1. The first-order valence-electron chi connectivity index (χ1n) is 14.5. The SMILES string of the molecule is CCCCCOCCCCC(=O)CCCCCCCCCCCCCCCCCCC(=O)O. The average molecular weight is 469 g/mol. The van der Waals surface area contributed by atoms with Crippen molar-refractivity contribution in [3.63, 3.8) is 0 Å². The van der Waals surface area contributed by atoms with Crippen molar-refractivity contribution in [1.82, 2.24) is 0 Å². The molecule has 0 spiro atoms. The summed E-state index contributed by atoms with van der Waals surface area (Å²) in [6, 6.07) is 0. The van der Waals surface area contributed by atoms with Crippen molar-refractivity contribution in [1.29, 1.82) is 0 Å². The van der Waals surface area contributed by atoms with Gasteiger partial charge in [-0.15, -0.1) is 0 Å². The fourth-order valence-electron chi connectivity index (χ4n) is 4.28. The molecule has 0 aromatic rings. The number of aliphatic carboxylic acids is 1. The molecular formula is C29H56O4. The van der Waals surface area contributed by atoms with Crippen LogP contribution < -0.4 is 0 Å². The number of ether oxygens (including phenoxy) is 1. The maximum atomic E-state index is 11.9. The number of Topliss-reactive ketones (excluding diaryl/α,β-unsaturated/α-hetero) is 1. The Labute approximate surface area is 205 Å². The predicted molar refractivity (Wildman–Crippen MR) is 140 cm³/mol. The lowest BCUT2D eigenvalue weighted by molar-refractivity contribution is -0.137. The summed E-state index contributed by atoms with van der Waals surface area (Å²) >= 11 is 0. The van der Waals surface area contributed by atoms with Crippen molar-refractivity contribution >= 4 is 11.8 Å². The highest BCUT2D eigenvalue weighted by atomic mass is 16.5. The van der Waals surface area contributed by atoms with Gasteiger partial charge in [0, 0.05) is 32.5 Å². The number of carbonyl (C=O) groups excluding carboxylic acids is 1. The third kappa shape index (κ3) is 29.1. The van der Waals surface area contributed by atoms with Crippen molar-refractivity contribution in [3.05, 3.63) is 0 Å². The van der Waals surface area contributed by atoms with Crippen molar-refractivity contribution in [2.45, 2.75) is 161 Å². The summed E-state index contributed by atoms with van der Waals surface area (Å²) < 4.78 is 5.60. The minimum absolute atomic E-state index is 0.329.